The van der Waals surface area contributed by atoms with Crippen LogP contribution >= 0.6 is 27.3 Å². The monoisotopic (exact) mass is 301 g/mol. The van der Waals surface area contributed by atoms with E-state index in [4.69, 9.17) is 0 Å². The molecule has 0 aliphatic carbocycles. The number of halogens is 2. The van der Waals surface area contributed by atoms with Crippen molar-refractivity contribution in [2.45, 2.75) is 12.5 Å². The average molecular weight is 302 g/mol. The van der Waals surface area contributed by atoms with Crippen LogP contribution in [-0.2, 0) is 6.42 Å². The second kappa shape index (κ2) is 5.03. The average Bonchev–Trinajstić information content (AvgIpc) is 2.75. The van der Waals surface area contributed by atoms with Gasteiger partial charge < -0.3 is 5.11 Å². The van der Waals surface area contributed by atoms with Crippen molar-refractivity contribution in [3.63, 3.8) is 0 Å². The Labute approximate surface area is 105 Å². The van der Waals surface area contributed by atoms with Crippen LogP contribution in [0.3, 0.4) is 0 Å². The number of hydrogen-bond donors (Lipinski definition) is 1. The molecule has 1 atom stereocenters. The first kappa shape index (κ1) is 11.7. The fourth-order valence-electron chi connectivity index (χ4n) is 1.39. The number of nitrogens with zero attached hydrogens (tertiary/aromatic N) is 1. The van der Waals surface area contributed by atoms with Crippen LogP contribution in [-0.4, -0.2) is 10.1 Å². The first-order valence-electron chi connectivity index (χ1n) is 4.67. The van der Waals surface area contributed by atoms with E-state index >= 15 is 0 Å². The fourth-order valence-corrected chi connectivity index (χ4v) is 2.50. The summed E-state index contributed by atoms with van der Waals surface area (Å²) in [6.45, 7) is 0. The molecule has 2 aromatic rings. The van der Waals surface area contributed by atoms with Crippen molar-refractivity contribution in [3.8, 4) is 0 Å². The number of rotatable bonds is 3. The van der Waals surface area contributed by atoms with Gasteiger partial charge in [-0.2, -0.15) is 0 Å². The van der Waals surface area contributed by atoms with Gasteiger partial charge in [0.1, 0.15) is 11.9 Å². The summed E-state index contributed by atoms with van der Waals surface area (Å²) < 4.78 is 13.5. The molecule has 1 N–H and O–H groups in total. The molecule has 0 amide bonds. The summed E-state index contributed by atoms with van der Waals surface area (Å²) in [5.41, 5.74) is 3.20. The maximum Gasteiger partial charge on any atom is 0.124 e. The van der Waals surface area contributed by atoms with Crippen LogP contribution in [0.5, 0.6) is 0 Å². The number of thiazole rings is 1. The van der Waals surface area contributed by atoms with Gasteiger partial charge in [-0.3, -0.25) is 0 Å². The molecule has 0 aliphatic rings. The standard InChI is InChI=1S/C11H9BrFNOS/c12-9-4-8(13)2-1-7(9)3-11(15)10-5-16-6-14-10/h1-2,4-6,11,15H,3H2. The van der Waals surface area contributed by atoms with Crippen LogP contribution in [0.1, 0.15) is 17.4 Å². The third-order valence-corrected chi connectivity index (χ3v) is 3.56. The quantitative estimate of drug-likeness (QED) is 0.943. The molecule has 2 nitrogen and oxygen atoms in total. The molecule has 0 radical (unpaired) electrons. The summed E-state index contributed by atoms with van der Waals surface area (Å²) in [6, 6.07) is 4.44. The normalized spacial score (nSPS) is 12.7. The van der Waals surface area contributed by atoms with E-state index in [-0.39, 0.29) is 5.82 Å². The van der Waals surface area contributed by atoms with Crippen molar-refractivity contribution in [1.82, 2.24) is 4.98 Å². The molecule has 1 aromatic carbocycles. The zero-order valence-electron chi connectivity index (χ0n) is 8.23. The molecule has 1 heterocycles. The molecule has 0 spiro atoms. The Hall–Kier alpha value is -0.780. The molecule has 0 saturated heterocycles. The smallest absolute Gasteiger partial charge is 0.124 e. The van der Waals surface area contributed by atoms with Crippen LogP contribution in [0.15, 0.2) is 33.6 Å². The molecule has 0 aliphatic heterocycles. The van der Waals surface area contributed by atoms with Crippen molar-refractivity contribution in [2.75, 3.05) is 0 Å². The first-order chi connectivity index (χ1) is 7.66. The van der Waals surface area contributed by atoms with Crippen LogP contribution in [0, 0.1) is 5.82 Å². The molecular weight excluding hydrogens is 293 g/mol. The largest absolute Gasteiger partial charge is 0.386 e. The second-order valence-electron chi connectivity index (χ2n) is 3.37. The van der Waals surface area contributed by atoms with Gasteiger partial charge in [0.2, 0.25) is 0 Å². The minimum Gasteiger partial charge on any atom is -0.386 e. The van der Waals surface area contributed by atoms with E-state index in [9.17, 15) is 9.50 Å². The van der Waals surface area contributed by atoms with Gasteiger partial charge in [0.25, 0.3) is 0 Å². The minimum atomic E-state index is -0.645. The topological polar surface area (TPSA) is 33.1 Å². The lowest BCUT2D eigenvalue weighted by molar-refractivity contribution is 0.174. The summed E-state index contributed by atoms with van der Waals surface area (Å²) in [6.07, 6.45) is -0.224. The van der Waals surface area contributed by atoms with Gasteiger partial charge in [0.15, 0.2) is 0 Å². The highest BCUT2D eigenvalue weighted by molar-refractivity contribution is 9.10. The van der Waals surface area contributed by atoms with Gasteiger partial charge in [0, 0.05) is 16.3 Å². The van der Waals surface area contributed by atoms with E-state index in [0.717, 1.165) is 5.56 Å². The Kier molecular flexibility index (Phi) is 3.68. The predicted octanol–water partition coefficient (Wildman–Crippen LogP) is 3.32. The van der Waals surface area contributed by atoms with Crippen molar-refractivity contribution < 1.29 is 9.50 Å². The van der Waals surface area contributed by atoms with E-state index in [0.29, 0.717) is 16.6 Å². The molecule has 1 unspecified atom stereocenters. The van der Waals surface area contributed by atoms with Crippen LogP contribution in [0.25, 0.3) is 0 Å². The van der Waals surface area contributed by atoms with Crippen LogP contribution < -0.4 is 0 Å². The zero-order valence-corrected chi connectivity index (χ0v) is 10.6. The third-order valence-electron chi connectivity index (χ3n) is 2.22. The number of hydrogen-bond acceptors (Lipinski definition) is 3. The van der Waals surface area contributed by atoms with Crippen LogP contribution in [0.2, 0.25) is 0 Å². The molecule has 5 heteroatoms. The number of benzene rings is 1. The second-order valence-corrected chi connectivity index (χ2v) is 4.94. The number of aliphatic hydroxyl groups excluding tert-OH is 1. The minimum absolute atomic E-state index is 0.293. The lowest BCUT2D eigenvalue weighted by atomic mass is 10.1. The summed E-state index contributed by atoms with van der Waals surface area (Å²) in [5, 5.41) is 11.7. The molecule has 0 fully saturated rings. The SMILES string of the molecule is OC(Cc1ccc(F)cc1Br)c1cscn1. The maximum absolute atomic E-state index is 12.9. The number of aliphatic hydroxyl groups is 1. The highest BCUT2D eigenvalue weighted by Gasteiger charge is 2.12. The molecule has 16 heavy (non-hydrogen) atoms. The number of aromatic nitrogens is 1. The zero-order chi connectivity index (χ0) is 11.5. The van der Waals surface area contributed by atoms with E-state index < -0.39 is 6.10 Å². The predicted molar refractivity (Wildman–Crippen MR) is 64.9 cm³/mol. The summed E-state index contributed by atoms with van der Waals surface area (Å²) in [4.78, 5) is 4.04. The van der Waals surface area contributed by atoms with Gasteiger partial charge in [-0.1, -0.05) is 22.0 Å². The van der Waals surface area contributed by atoms with Gasteiger partial charge in [0.05, 0.1) is 11.2 Å². The first-order valence-corrected chi connectivity index (χ1v) is 6.40. The van der Waals surface area contributed by atoms with Crippen molar-refractivity contribution in [1.29, 1.82) is 0 Å². The Morgan fingerprint density at radius 2 is 2.31 bits per heavy atom. The van der Waals surface area contributed by atoms with Gasteiger partial charge >= 0.3 is 0 Å². The lowest BCUT2D eigenvalue weighted by Gasteiger charge is -2.09. The highest BCUT2D eigenvalue weighted by atomic mass is 79.9. The molecular formula is C11H9BrFNOS. The van der Waals surface area contributed by atoms with E-state index in [1.807, 2.05) is 5.38 Å². The third kappa shape index (κ3) is 2.66. The maximum atomic E-state index is 12.9. The van der Waals surface area contributed by atoms with Crippen molar-refractivity contribution >= 4 is 27.3 Å². The Bertz CT molecular complexity index is 475. The van der Waals surface area contributed by atoms with Gasteiger partial charge in [-0.25, -0.2) is 9.37 Å². The van der Waals surface area contributed by atoms with Gasteiger partial charge in [-0.05, 0) is 17.7 Å². The van der Waals surface area contributed by atoms with Crippen LogP contribution in [0.4, 0.5) is 4.39 Å². The van der Waals surface area contributed by atoms with Crippen molar-refractivity contribution in [3.05, 3.63) is 50.6 Å². The van der Waals surface area contributed by atoms with Gasteiger partial charge in [-0.15, -0.1) is 11.3 Å². The van der Waals surface area contributed by atoms with Crippen molar-refractivity contribution in [2.24, 2.45) is 0 Å². The molecule has 0 bridgehead atoms. The summed E-state index contributed by atoms with van der Waals surface area (Å²) in [7, 11) is 0. The molecule has 84 valence electrons. The molecule has 1 aromatic heterocycles. The Morgan fingerprint density at radius 3 is 2.94 bits per heavy atom. The molecule has 2 rings (SSSR count). The Morgan fingerprint density at radius 1 is 1.50 bits per heavy atom. The summed E-state index contributed by atoms with van der Waals surface area (Å²) in [5.74, 6) is -0.293. The van der Waals surface area contributed by atoms with E-state index in [1.54, 1.807) is 11.6 Å². The Balaban J connectivity index is 2.15. The van der Waals surface area contributed by atoms with E-state index in [1.165, 1.54) is 23.5 Å². The lowest BCUT2D eigenvalue weighted by Crippen LogP contribution is -2.02. The highest BCUT2D eigenvalue weighted by Crippen LogP contribution is 2.24. The molecule has 0 saturated carbocycles. The van der Waals surface area contributed by atoms with E-state index in [2.05, 4.69) is 20.9 Å². The summed E-state index contributed by atoms with van der Waals surface area (Å²) >= 11 is 4.71. The fraction of sp³-hybridized carbons (Fsp3) is 0.182.